The molecule has 1 atom stereocenters. The Kier molecular flexibility index (Phi) is 4.74. The van der Waals surface area contributed by atoms with Crippen molar-refractivity contribution in [2.75, 3.05) is 11.4 Å². The number of halogens is 1. The lowest BCUT2D eigenvalue weighted by Crippen LogP contribution is -2.31. The third-order valence-corrected chi connectivity index (χ3v) is 3.87. The van der Waals surface area contributed by atoms with E-state index in [0.717, 1.165) is 11.3 Å². The second-order valence-electron chi connectivity index (χ2n) is 5.60. The molecule has 0 spiro atoms. The van der Waals surface area contributed by atoms with Crippen molar-refractivity contribution in [2.45, 2.75) is 19.1 Å². The second-order valence-corrected chi connectivity index (χ2v) is 5.60. The molecule has 124 valence electrons. The number of carbonyl (C=O) groups excluding carboxylic acids is 2. The summed E-state index contributed by atoms with van der Waals surface area (Å²) in [4.78, 5) is 24.1. The summed E-state index contributed by atoms with van der Waals surface area (Å²) in [6.45, 7) is 0.728. The Morgan fingerprint density at radius 1 is 1.25 bits per heavy atom. The largest absolute Gasteiger partial charge is 0.489 e. The smallest absolute Gasteiger partial charge is 0.229 e. The van der Waals surface area contributed by atoms with Gasteiger partial charge in [-0.25, -0.2) is 4.39 Å². The van der Waals surface area contributed by atoms with Crippen LogP contribution >= 0.6 is 0 Å². The number of ether oxygens (including phenoxy) is 1. The van der Waals surface area contributed by atoms with Gasteiger partial charge in [-0.15, -0.1) is 0 Å². The maximum Gasteiger partial charge on any atom is 0.229 e. The molecule has 24 heavy (non-hydrogen) atoms. The van der Waals surface area contributed by atoms with E-state index < -0.39 is 0 Å². The van der Waals surface area contributed by atoms with Crippen LogP contribution in [-0.4, -0.2) is 24.9 Å². The Morgan fingerprint density at radius 2 is 2.04 bits per heavy atom. The molecule has 0 radical (unpaired) electrons. The van der Waals surface area contributed by atoms with Crippen LogP contribution in [0, 0.1) is 5.82 Å². The second kappa shape index (κ2) is 7.12. The number of hydrogen-bond donors (Lipinski definition) is 1. The Hall–Kier alpha value is -2.89. The van der Waals surface area contributed by atoms with Crippen molar-refractivity contribution in [3.05, 3.63) is 59.9 Å². The molecule has 5 nitrogen and oxygen atoms in total. The van der Waals surface area contributed by atoms with Crippen molar-refractivity contribution in [1.82, 2.24) is 5.32 Å². The summed E-state index contributed by atoms with van der Waals surface area (Å²) < 4.78 is 18.7. The van der Waals surface area contributed by atoms with E-state index in [2.05, 4.69) is 5.32 Å². The SMILES string of the molecule is O=CNC1CC(=O)N(c2ccc(OCc3cccc(F)c3)cc2)C1. The molecule has 1 heterocycles. The van der Waals surface area contributed by atoms with Gasteiger partial charge in [0.2, 0.25) is 12.3 Å². The van der Waals surface area contributed by atoms with Gasteiger partial charge in [0.05, 0.1) is 6.04 Å². The third kappa shape index (κ3) is 3.71. The van der Waals surface area contributed by atoms with E-state index in [4.69, 9.17) is 4.74 Å². The molecular weight excluding hydrogens is 311 g/mol. The van der Waals surface area contributed by atoms with Crippen LogP contribution in [0.25, 0.3) is 0 Å². The Balaban J connectivity index is 1.61. The van der Waals surface area contributed by atoms with E-state index in [1.165, 1.54) is 12.1 Å². The highest BCUT2D eigenvalue weighted by atomic mass is 19.1. The number of benzene rings is 2. The molecule has 1 fully saturated rings. The monoisotopic (exact) mass is 328 g/mol. The van der Waals surface area contributed by atoms with Crippen molar-refractivity contribution in [3.63, 3.8) is 0 Å². The summed E-state index contributed by atoms with van der Waals surface area (Å²) in [6, 6.07) is 13.2. The number of nitrogens with one attached hydrogen (secondary N) is 1. The van der Waals surface area contributed by atoms with Crippen LogP contribution in [0.1, 0.15) is 12.0 Å². The molecule has 1 unspecified atom stereocenters. The van der Waals surface area contributed by atoms with E-state index in [-0.39, 0.29) is 24.4 Å². The van der Waals surface area contributed by atoms with Crippen LogP contribution in [0.15, 0.2) is 48.5 Å². The predicted molar refractivity (Wildman–Crippen MR) is 87.1 cm³/mol. The van der Waals surface area contributed by atoms with Gasteiger partial charge >= 0.3 is 0 Å². The molecule has 1 aliphatic heterocycles. The molecule has 0 aromatic heterocycles. The number of anilines is 1. The number of nitrogens with zero attached hydrogens (tertiary/aromatic N) is 1. The summed E-state index contributed by atoms with van der Waals surface area (Å²) in [5, 5.41) is 2.63. The van der Waals surface area contributed by atoms with E-state index in [1.54, 1.807) is 41.3 Å². The number of hydrogen-bond acceptors (Lipinski definition) is 3. The molecule has 0 aliphatic carbocycles. The molecule has 2 aromatic carbocycles. The van der Waals surface area contributed by atoms with Crippen LogP contribution in [0.5, 0.6) is 5.75 Å². The molecule has 0 bridgehead atoms. The van der Waals surface area contributed by atoms with Crippen LogP contribution in [0.2, 0.25) is 0 Å². The Bertz CT molecular complexity index is 733. The highest BCUT2D eigenvalue weighted by Crippen LogP contribution is 2.24. The number of carbonyl (C=O) groups is 2. The normalized spacial score (nSPS) is 17.0. The van der Waals surface area contributed by atoms with Gasteiger partial charge in [0, 0.05) is 18.7 Å². The predicted octanol–water partition coefficient (Wildman–Crippen LogP) is 2.26. The van der Waals surface area contributed by atoms with Gasteiger partial charge in [-0.05, 0) is 42.0 Å². The first kappa shape index (κ1) is 16.0. The van der Waals surface area contributed by atoms with Gasteiger partial charge < -0.3 is 15.0 Å². The molecule has 2 aromatic rings. The number of rotatable bonds is 6. The fourth-order valence-electron chi connectivity index (χ4n) is 2.68. The maximum atomic E-state index is 13.1. The van der Waals surface area contributed by atoms with E-state index in [0.29, 0.717) is 25.1 Å². The zero-order valence-electron chi connectivity index (χ0n) is 12.9. The quantitative estimate of drug-likeness (QED) is 0.828. The molecule has 1 saturated heterocycles. The van der Waals surface area contributed by atoms with Crippen molar-refractivity contribution < 1.29 is 18.7 Å². The van der Waals surface area contributed by atoms with E-state index in [9.17, 15) is 14.0 Å². The van der Waals surface area contributed by atoms with Crippen molar-refractivity contribution in [2.24, 2.45) is 0 Å². The fraction of sp³-hybridized carbons (Fsp3) is 0.222. The maximum absolute atomic E-state index is 13.1. The minimum Gasteiger partial charge on any atom is -0.489 e. The van der Waals surface area contributed by atoms with Crippen molar-refractivity contribution >= 4 is 18.0 Å². The van der Waals surface area contributed by atoms with E-state index >= 15 is 0 Å². The lowest BCUT2D eigenvalue weighted by molar-refractivity contribution is -0.117. The lowest BCUT2D eigenvalue weighted by atomic mass is 10.2. The molecular formula is C18H17FN2O3. The number of amides is 2. The Morgan fingerprint density at radius 3 is 2.75 bits per heavy atom. The average molecular weight is 328 g/mol. The average Bonchev–Trinajstić information content (AvgIpc) is 2.94. The van der Waals surface area contributed by atoms with Gasteiger partial charge in [-0.2, -0.15) is 0 Å². The molecule has 1 N–H and O–H groups in total. The minimum absolute atomic E-state index is 0.0252. The highest BCUT2D eigenvalue weighted by Gasteiger charge is 2.30. The summed E-state index contributed by atoms with van der Waals surface area (Å²) in [7, 11) is 0. The molecule has 1 aliphatic rings. The van der Waals surface area contributed by atoms with Gasteiger partial charge in [0.1, 0.15) is 18.2 Å². The molecule has 6 heteroatoms. The summed E-state index contributed by atoms with van der Waals surface area (Å²) in [5.41, 5.74) is 1.50. The molecule has 0 saturated carbocycles. The summed E-state index contributed by atoms with van der Waals surface area (Å²) >= 11 is 0. The van der Waals surface area contributed by atoms with Gasteiger partial charge in [0.15, 0.2) is 0 Å². The zero-order valence-corrected chi connectivity index (χ0v) is 12.9. The van der Waals surface area contributed by atoms with Crippen LogP contribution in [0.4, 0.5) is 10.1 Å². The lowest BCUT2D eigenvalue weighted by Gasteiger charge is -2.17. The zero-order chi connectivity index (χ0) is 16.9. The first-order chi connectivity index (χ1) is 11.7. The molecule has 2 amide bonds. The summed E-state index contributed by atoms with van der Waals surface area (Å²) in [5.74, 6) is 0.317. The standard InChI is InChI=1S/C18H17FN2O3/c19-14-3-1-2-13(8-14)11-24-17-6-4-16(5-7-17)21-10-15(20-12-22)9-18(21)23/h1-8,12,15H,9-11H2,(H,20,22). The van der Waals surface area contributed by atoms with Crippen LogP contribution in [-0.2, 0) is 16.2 Å². The first-order valence-electron chi connectivity index (χ1n) is 7.63. The van der Waals surface area contributed by atoms with Crippen molar-refractivity contribution in [1.29, 1.82) is 0 Å². The third-order valence-electron chi connectivity index (χ3n) is 3.87. The summed E-state index contributed by atoms with van der Waals surface area (Å²) in [6.07, 6.45) is 0.918. The van der Waals surface area contributed by atoms with Gasteiger partial charge in [-0.1, -0.05) is 12.1 Å². The van der Waals surface area contributed by atoms with Gasteiger partial charge in [0.25, 0.3) is 0 Å². The topological polar surface area (TPSA) is 58.6 Å². The fourth-order valence-corrected chi connectivity index (χ4v) is 2.68. The first-order valence-corrected chi connectivity index (χ1v) is 7.63. The Labute approximate surface area is 139 Å². The highest BCUT2D eigenvalue weighted by molar-refractivity contribution is 5.96. The van der Waals surface area contributed by atoms with Crippen LogP contribution in [0.3, 0.4) is 0 Å². The van der Waals surface area contributed by atoms with Crippen molar-refractivity contribution in [3.8, 4) is 5.75 Å². The molecule has 3 rings (SSSR count). The van der Waals surface area contributed by atoms with Crippen LogP contribution < -0.4 is 15.0 Å². The minimum atomic E-state index is -0.294. The van der Waals surface area contributed by atoms with E-state index in [1.807, 2.05) is 0 Å². The van der Waals surface area contributed by atoms with Gasteiger partial charge in [-0.3, -0.25) is 9.59 Å².